The third kappa shape index (κ3) is 3.30. The summed E-state index contributed by atoms with van der Waals surface area (Å²) < 4.78 is 5.09. The number of thiophene rings is 1. The van der Waals surface area contributed by atoms with E-state index in [1.165, 1.54) is 0 Å². The number of hydrogen-bond acceptors (Lipinski definition) is 4. The maximum absolute atomic E-state index is 5.71. The highest BCUT2D eigenvalue weighted by Gasteiger charge is 2.20. The first-order valence-electron chi connectivity index (χ1n) is 5.52. The zero-order valence-corrected chi connectivity index (χ0v) is 16.0. The molecule has 0 radical (unpaired) electrons. The van der Waals surface area contributed by atoms with E-state index in [4.69, 9.17) is 5.84 Å². The molecule has 0 saturated heterocycles. The van der Waals surface area contributed by atoms with Crippen molar-refractivity contribution in [2.24, 2.45) is 12.9 Å². The quantitative estimate of drug-likeness (QED) is 0.525. The molecule has 0 aliphatic rings. The van der Waals surface area contributed by atoms with Crippen LogP contribution in [0.25, 0.3) is 0 Å². The molecular formula is C11H13Br3N4S. The van der Waals surface area contributed by atoms with Gasteiger partial charge in [-0.15, -0.1) is 11.3 Å². The summed E-state index contributed by atoms with van der Waals surface area (Å²) in [6.45, 7) is 1.98. The number of hydrogen-bond donors (Lipinski definition) is 2. The molecule has 0 spiro atoms. The minimum atomic E-state index is 0.0306. The van der Waals surface area contributed by atoms with Gasteiger partial charge < -0.3 is 0 Å². The topological polar surface area (TPSA) is 55.9 Å². The lowest BCUT2D eigenvalue weighted by atomic mass is 10.1. The van der Waals surface area contributed by atoms with Crippen molar-refractivity contribution in [2.45, 2.75) is 19.4 Å². The lowest BCUT2D eigenvalue weighted by Crippen LogP contribution is -2.30. The fourth-order valence-electron chi connectivity index (χ4n) is 1.94. The van der Waals surface area contributed by atoms with Crippen LogP contribution in [-0.2, 0) is 13.5 Å². The molecule has 0 bridgehead atoms. The second-order valence-electron chi connectivity index (χ2n) is 4.17. The summed E-state index contributed by atoms with van der Waals surface area (Å²) in [5.41, 5.74) is 6.13. The summed E-state index contributed by atoms with van der Waals surface area (Å²) in [5.74, 6) is 5.71. The molecule has 104 valence electrons. The molecule has 19 heavy (non-hydrogen) atoms. The predicted molar refractivity (Wildman–Crippen MR) is 89.1 cm³/mol. The first-order valence-corrected chi connectivity index (χ1v) is 8.72. The van der Waals surface area contributed by atoms with Gasteiger partial charge in [0.05, 0.1) is 29.5 Å². The summed E-state index contributed by atoms with van der Waals surface area (Å²) in [4.78, 5) is 0. The second kappa shape index (κ2) is 6.36. The number of rotatable bonds is 4. The van der Waals surface area contributed by atoms with Crippen LogP contribution in [0.15, 0.2) is 18.1 Å². The molecular weight excluding hydrogens is 460 g/mol. The molecule has 8 heteroatoms. The molecule has 0 fully saturated rings. The van der Waals surface area contributed by atoms with Gasteiger partial charge in [-0.25, -0.2) is 0 Å². The lowest BCUT2D eigenvalue weighted by molar-refractivity contribution is 0.529. The molecule has 3 N–H and O–H groups in total. The molecule has 2 aromatic heterocycles. The molecule has 1 atom stereocenters. The van der Waals surface area contributed by atoms with Gasteiger partial charge in [0.2, 0.25) is 0 Å². The third-order valence-electron chi connectivity index (χ3n) is 2.92. The molecule has 0 amide bonds. The van der Waals surface area contributed by atoms with Crippen LogP contribution in [0.4, 0.5) is 0 Å². The summed E-state index contributed by atoms with van der Waals surface area (Å²) in [6.07, 6.45) is 0.760. The third-order valence-corrected chi connectivity index (χ3v) is 6.34. The van der Waals surface area contributed by atoms with E-state index in [1.807, 2.05) is 18.7 Å². The number of halogens is 3. The van der Waals surface area contributed by atoms with E-state index >= 15 is 0 Å². The number of nitrogens with two attached hydrogens (primary N) is 1. The summed E-state index contributed by atoms with van der Waals surface area (Å²) in [7, 11) is 1.94. The Balaban J connectivity index is 2.31. The minimum Gasteiger partial charge on any atom is -0.271 e. The van der Waals surface area contributed by atoms with E-state index in [-0.39, 0.29) is 6.04 Å². The number of nitrogens with one attached hydrogen (secondary N) is 1. The molecule has 2 aromatic rings. The maximum atomic E-state index is 5.71. The van der Waals surface area contributed by atoms with E-state index in [1.54, 1.807) is 11.3 Å². The molecule has 2 heterocycles. The summed E-state index contributed by atoms with van der Waals surface area (Å²) in [5, 5.41) is 4.40. The summed E-state index contributed by atoms with van der Waals surface area (Å²) in [6, 6.07) is 2.11. The second-order valence-corrected chi connectivity index (χ2v) is 8.71. The van der Waals surface area contributed by atoms with Crippen molar-refractivity contribution in [2.75, 3.05) is 0 Å². The van der Waals surface area contributed by atoms with Crippen molar-refractivity contribution in [3.05, 3.63) is 35.1 Å². The average molecular weight is 473 g/mol. The monoisotopic (exact) mass is 470 g/mol. The van der Waals surface area contributed by atoms with Gasteiger partial charge in [0.25, 0.3) is 0 Å². The first-order chi connectivity index (χ1) is 8.93. The van der Waals surface area contributed by atoms with Crippen LogP contribution >= 0.6 is 59.1 Å². The maximum Gasteiger partial charge on any atom is 0.0758 e. The van der Waals surface area contributed by atoms with Gasteiger partial charge >= 0.3 is 0 Å². The van der Waals surface area contributed by atoms with Gasteiger partial charge in [0, 0.05) is 13.5 Å². The van der Waals surface area contributed by atoms with Gasteiger partial charge in [-0.1, -0.05) is 0 Å². The Bertz CT molecular complexity index is 593. The first kappa shape index (κ1) is 15.7. The van der Waals surface area contributed by atoms with Crippen LogP contribution in [0.3, 0.4) is 0 Å². The van der Waals surface area contributed by atoms with E-state index in [0.29, 0.717) is 0 Å². The van der Waals surface area contributed by atoms with Crippen LogP contribution in [-0.4, -0.2) is 9.78 Å². The van der Waals surface area contributed by atoms with E-state index in [9.17, 15) is 0 Å². The number of aromatic nitrogens is 2. The van der Waals surface area contributed by atoms with Crippen LogP contribution in [0.2, 0.25) is 0 Å². The van der Waals surface area contributed by atoms with Gasteiger partial charge in [-0.05, 0) is 66.3 Å². The Morgan fingerprint density at radius 2 is 2.16 bits per heavy atom. The number of aryl methyl sites for hydroxylation is 2. The summed E-state index contributed by atoms with van der Waals surface area (Å²) >= 11 is 12.3. The van der Waals surface area contributed by atoms with Crippen molar-refractivity contribution in [1.29, 1.82) is 0 Å². The van der Waals surface area contributed by atoms with Crippen molar-refractivity contribution < 1.29 is 0 Å². The molecule has 2 rings (SSSR count). The van der Waals surface area contributed by atoms with Crippen molar-refractivity contribution in [3.8, 4) is 0 Å². The van der Waals surface area contributed by atoms with Crippen molar-refractivity contribution in [3.63, 3.8) is 0 Å². The molecule has 0 saturated carbocycles. The van der Waals surface area contributed by atoms with Gasteiger partial charge in [0.1, 0.15) is 0 Å². The smallest absolute Gasteiger partial charge is 0.0758 e. The highest BCUT2D eigenvalue weighted by Crippen LogP contribution is 2.37. The Labute approximate surface area is 141 Å². The normalized spacial score (nSPS) is 12.9. The lowest BCUT2D eigenvalue weighted by Gasteiger charge is -2.16. The van der Waals surface area contributed by atoms with Crippen molar-refractivity contribution >= 4 is 59.1 Å². The minimum absolute atomic E-state index is 0.0306. The fraction of sp³-hybridized carbons (Fsp3) is 0.364. The average Bonchev–Trinajstić information content (AvgIpc) is 2.79. The molecule has 4 nitrogen and oxygen atoms in total. The van der Waals surface area contributed by atoms with Gasteiger partial charge in [0.15, 0.2) is 0 Å². The van der Waals surface area contributed by atoms with Crippen molar-refractivity contribution in [1.82, 2.24) is 15.2 Å². The van der Waals surface area contributed by atoms with E-state index in [0.717, 1.165) is 35.4 Å². The number of hydrazine groups is 1. The van der Waals surface area contributed by atoms with Crippen LogP contribution in [0.1, 0.15) is 23.0 Å². The van der Waals surface area contributed by atoms with Crippen LogP contribution < -0.4 is 11.3 Å². The Morgan fingerprint density at radius 1 is 1.47 bits per heavy atom. The van der Waals surface area contributed by atoms with Gasteiger partial charge in [-0.2, -0.15) is 5.10 Å². The Morgan fingerprint density at radius 3 is 2.58 bits per heavy atom. The molecule has 0 aromatic carbocycles. The molecule has 0 aliphatic carbocycles. The zero-order chi connectivity index (χ0) is 14.2. The standard InChI is InChI=1S/C11H13Br3N4S/c1-5-10(13)8(18(2)17-5)4-7(16-15)6-3-9(12)19-11(6)14/h3,7,16H,4,15H2,1-2H3. The number of nitrogens with zero attached hydrogens (tertiary/aromatic N) is 2. The van der Waals surface area contributed by atoms with E-state index in [2.05, 4.69) is 64.4 Å². The molecule has 0 aliphatic heterocycles. The van der Waals surface area contributed by atoms with Gasteiger partial charge in [-0.3, -0.25) is 16.0 Å². The van der Waals surface area contributed by atoms with Crippen LogP contribution in [0, 0.1) is 6.92 Å². The Kier molecular flexibility index (Phi) is 5.24. The largest absolute Gasteiger partial charge is 0.271 e. The van der Waals surface area contributed by atoms with E-state index < -0.39 is 0 Å². The highest BCUT2D eigenvalue weighted by molar-refractivity contribution is 9.12. The molecule has 1 unspecified atom stereocenters. The SMILES string of the molecule is Cc1nn(C)c(CC(NN)c2cc(Br)sc2Br)c1Br. The zero-order valence-electron chi connectivity index (χ0n) is 10.4. The Hall–Kier alpha value is 0.270. The fourth-order valence-corrected chi connectivity index (χ4v) is 5.42. The van der Waals surface area contributed by atoms with Crippen LogP contribution in [0.5, 0.6) is 0 Å². The highest BCUT2D eigenvalue weighted by atomic mass is 79.9. The predicted octanol–water partition coefficient (Wildman–Crippen LogP) is 3.82.